The van der Waals surface area contributed by atoms with E-state index < -0.39 is 0 Å². The summed E-state index contributed by atoms with van der Waals surface area (Å²) in [7, 11) is 0. The lowest BCUT2D eigenvalue weighted by atomic mass is 10.1. The number of aliphatic imine (C=N–C) groups is 1. The number of phenols is 1. The number of oxazole rings is 1. The predicted molar refractivity (Wildman–Crippen MR) is 114 cm³/mol. The first-order valence-corrected chi connectivity index (χ1v) is 9.37. The van der Waals surface area contributed by atoms with Crippen LogP contribution in [0.2, 0.25) is 10.0 Å². The van der Waals surface area contributed by atoms with Gasteiger partial charge in [-0.25, -0.2) is 4.98 Å². The molecular weight excluding hydrogens is 395 g/mol. The van der Waals surface area contributed by atoms with Gasteiger partial charge in [-0.05, 0) is 61.4 Å². The van der Waals surface area contributed by atoms with Crippen molar-refractivity contribution in [2.75, 3.05) is 0 Å². The Hall–Kier alpha value is -2.82. The van der Waals surface area contributed by atoms with Crippen LogP contribution in [0.25, 0.3) is 22.6 Å². The molecule has 4 nitrogen and oxygen atoms in total. The molecule has 0 aliphatic heterocycles. The molecule has 0 bridgehead atoms. The Morgan fingerprint density at radius 2 is 1.89 bits per heavy atom. The first-order chi connectivity index (χ1) is 13.4. The number of nitrogens with zero attached hydrogens (tertiary/aromatic N) is 2. The van der Waals surface area contributed by atoms with Crippen LogP contribution < -0.4 is 0 Å². The summed E-state index contributed by atoms with van der Waals surface area (Å²) < 4.78 is 5.92. The number of aromatic nitrogens is 1. The third-order valence-electron chi connectivity index (χ3n) is 4.48. The standard InChI is InChI=1S/C22H16Cl2N2O2/c1-12-6-7-20-19(8-12)26-22(28-20)16-4-3-5-18(13(16)2)25-11-14-9-15(23)10-17(24)21(14)27/h3-11,27H,1-2H3. The van der Waals surface area contributed by atoms with Gasteiger partial charge < -0.3 is 9.52 Å². The second-order valence-electron chi connectivity index (χ2n) is 6.52. The highest BCUT2D eigenvalue weighted by Gasteiger charge is 2.13. The summed E-state index contributed by atoms with van der Waals surface area (Å²) in [5.41, 5.74) is 5.63. The predicted octanol–water partition coefficient (Wildman–Crippen LogP) is 6.87. The first kappa shape index (κ1) is 18.5. The van der Waals surface area contributed by atoms with Crippen molar-refractivity contribution in [1.29, 1.82) is 0 Å². The van der Waals surface area contributed by atoms with E-state index in [-0.39, 0.29) is 10.8 Å². The van der Waals surface area contributed by atoms with Crippen molar-refractivity contribution in [1.82, 2.24) is 4.98 Å². The van der Waals surface area contributed by atoms with Crippen molar-refractivity contribution < 1.29 is 9.52 Å². The normalized spacial score (nSPS) is 11.6. The highest BCUT2D eigenvalue weighted by molar-refractivity contribution is 6.36. The van der Waals surface area contributed by atoms with Crippen molar-refractivity contribution in [3.8, 4) is 17.2 Å². The third-order valence-corrected chi connectivity index (χ3v) is 4.99. The number of hydrogen-bond donors (Lipinski definition) is 1. The highest BCUT2D eigenvalue weighted by Crippen LogP contribution is 2.33. The second-order valence-corrected chi connectivity index (χ2v) is 7.37. The van der Waals surface area contributed by atoms with Gasteiger partial charge in [0.1, 0.15) is 11.3 Å². The summed E-state index contributed by atoms with van der Waals surface area (Å²) >= 11 is 12.0. The maximum atomic E-state index is 10.1. The monoisotopic (exact) mass is 410 g/mol. The Kier molecular flexibility index (Phi) is 4.84. The minimum Gasteiger partial charge on any atom is -0.506 e. The summed E-state index contributed by atoms with van der Waals surface area (Å²) in [6.45, 7) is 3.97. The zero-order valence-electron chi connectivity index (χ0n) is 15.2. The quantitative estimate of drug-likeness (QED) is 0.374. The molecule has 0 saturated heterocycles. The first-order valence-electron chi connectivity index (χ1n) is 8.61. The molecule has 0 aliphatic carbocycles. The topological polar surface area (TPSA) is 58.6 Å². The van der Waals surface area contributed by atoms with E-state index in [1.807, 2.05) is 50.2 Å². The Morgan fingerprint density at radius 3 is 2.71 bits per heavy atom. The van der Waals surface area contributed by atoms with Crippen LogP contribution in [0.15, 0.2) is 57.9 Å². The van der Waals surface area contributed by atoms with E-state index in [1.165, 1.54) is 12.3 Å². The molecule has 28 heavy (non-hydrogen) atoms. The molecule has 0 saturated carbocycles. The summed E-state index contributed by atoms with van der Waals surface area (Å²) in [6.07, 6.45) is 1.54. The van der Waals surface area contributed by atoms with Crippen LogP contribution in [-0.4, -0.2) is 16.3 Å². The minimum atomic E-state index is -0.0575. The van der Waals surface area contributed by atoms with Crippen LogP contribution in [0.1, 0.15) is 16.7 Å². The number of benzene rings is 3. The summed E-state index contributed by atoms with van der Waals surface area (Å²) in [5, 5.41) is 10.7. The minimum absolute atomic E-state index is 0.0575. The van der Waals surface area contributed by atoms with Crippen LogP contribution in [-0.2, 0) is 0 Å². The molecular formula is C22H16Cl2N2O2. The van der Waals surface area contributed by atoms with Crippen molar-refractivity contribution >= 4 is 46.2 Å². The number of aryl methyl sites for hydroxylation is 1. The molecule has 0 amide bonds. The zero-order valence-corrected chi connectivity index (χ0v) is 16.7. The molecule has 0 spiro atoms. The maximum Gasteiger partial charge on any atom is 0.227 e. The molecule has 0 radical (unpaired) electrons. The van der Waals surface area contributed by atoms with Gasteiger partial charge in [-0.2, -0.15) is 0 Å². The Bertz CT molecular complexity index is 1230. The highest BCUT2D eigenvalue weighted by atomic mass is 35.5. The number of phenolic OH excluding ortho intramolecular Hbond substituents is 1. The van der Waals surface area contributed by atoms with E-state index in [2.05, 4.69) is 9.98 Å². The maximum absolute atomic E-state index is 10.1. The van der Waals surface area contributed by atoms with Gasteiger partial charge in [0.25, 0.3) is 0 Å². The zero-order chi connectivity index (χ0) is 19.8. The molecule has 3 aromatic carbocycles. The van der Waals surface area contributed by atoms with Crippen LogP contribution in [0.5, 0.6) is 5.75 Å². The smallest absolute Gasteiger partial charge is 0.227 e. The number of aromatic hydroxyl groups is 1. The van der Waals surface area contributed by atoms with Gasteiger partial charge in [0.2, 0.25) is 5.89 Å². The molecule has 1 aromatic heterocycles. The molecule has 4 aromatic rings. The summed E-state index contributed by atoms with van der Waals surface area (Å²) in [4.78, 5) is 9.11. The van der Waals surface area contributed by atoms with Gasteiger partial charge in [0, 0.05) is 22.4 Å². The molecule has 1 N–H and O–H groups in total. The van der Waals surface area contributed by atoms with Crippen molar-refractivity contribution in [3.05, 3.63) is 75.3 Å². The molecule has 140 valence electrons. The van der Waals surface area contributed by atoms with Crippen molar-refractivity contribution in [3.63, 3.8) is 0 Å². The molecule has 0 fully saturated rings. The van der Waals surface area contributed by atoms with Gasteiger partial charge in [0.05, 0.1) is 10.7 Å². The van der Waals surface area contributed by atoms with Gasteiger partial charge in [-0.3, -0.25) is 4.99 Å². The average Bonchev–Trinajstić information content (AvgIpc) is 3.07. The summed E-state index contributed by atoms with van der Waals surface area (Å²) in [5.74, 6) is 0.488. The van der Waals surface area contributed by atoms with Crippen LogP contribution in [0, 0.1) is 13.8 Å². The lowest BCUT2D eigenvalue weighted by molar-refractivity contribution is 0.475. The van der Waals surface area contributed by atoms with E-state index >= 15 is 0 Å². The van der Waals surface area contributed by atoms with E-state index in [0.29, 0.717) is 16.5 Å². The lowest BCUT2D eigenvalue weighted by Crippen LogP contribution is -1.87. The second kappa shape index (κ2) is 7.30. The Balaban J connectivity index is 1.74. The van der Waals surface area contributed by atoms with Crippen molar-refractivity contribution in [2.24, 2.45) is 4.99 Å². The molecule has 0 unspecified atom stereocenters. The largest absolute Gasteiger partial charge is 0.506 e. The molecule has 1 heterocycles. The Morgan fingerprint density at radius 1 is 1.07 bits per heavy atom. The van der Waals surface area contributed by atoms with Crippen molar-refractivity contribution in [2.45, 2.75) is 13.8 Å². The van der Waals surface area contributed by atoms with Crippen LogP contribution in [0.3, 0.4) is 0 Å². The number of rotatable bonds is 3. The van der Waals surface area contributed by atoms with Crippen LogP contribution in [0.4, 0.5) is 5.69 Å². The SMILES string of the molecule is Cc1ccc2oc(-c3cccc(N=Cc4cc(Cl)cc(Cl)c4O)c3C)nc2c1. The number of fused-ring (bicyclic) bond motifs is 1. The van der Waals surface area contributed by atoms with Crippen LogP contribution >= 0.6 is 23.2 Å². The Labute approximate surface area is 172 Å². The van der Waals surface area contributed by atoms with E-state index in [0.717, 1.165) is 33.5 Å². The fourth-order valence-electron chi connectivity index (χ4n) is 2.97. The fraction of sp³-hybridized carbons (Fsp3) is 0.0909. The van der Waals surface area contributed by atoms with Gasteiger partial charge >= 0.3 is 0 Å². The average molecular weight is 411 g/mol. The number of halogens is 2. The van der Waals surface area contributed by atoms with E-state index in [9.17, 15) is 5.11 Å². The van der Waals surface area contributed by atoms with Gasteiger partial charge in [-0.15, -0.1) is 0 Å². The number of hydrogen-bond acceptors (Lipinski definition) is 4. The fourth-order valence-corrected chi connectivity index (χ4v) is 3.48. The third kappa shape index (κ3) is 3.49. The molecule has 0 atom stereocenters. The molecule has 6 heteroatoms. The summed E-state index contributed by atoms with van der Waals surface area (Å²) in [6, 6.07) is 14.7. The lowest BCUT2D eigenvalue weighted by Gasteiger charge is -2.06. The van der Waals surface area contributed by atoms with E-state index in [1.54, 1.807) is 6.07 Å². The van der Waals surface area contributed by atoms with E-state index in [4.69, 9.17) is 27.6 Å². The van der Waals surface area contributed by atoms with Gasteiger partial charge in [0.15, 0.2) is 5.58 Å². The molecule has 4 rings (SSSR count). The molecule has 0 aliphatic rings. The van der Waals surface area contributed by atoms with Gasteiger partial charge in [-0.1, -0.05) is 35.3 Å².